The number of carbonyl (C=O) groups excluding carboxylic acids is 1. The molecule has 2 aromatic carbocycles. The molecule has 0 saturated carbocycles. The fourth-order valence-electron chi connectivity index (χ4n) is 3.77. The molecule has 1 atom stereocenters. The molecule has 8 nitrogen and oxygen atoms in total. The van der Waals surface area contributed by atoms with E-state index >= 15 is 0 Å². The van der Waals surface area contributed by atoms with Gasteiger partial charge in [0.1, 0.15) is 17.7 Å². The normalized spacial score (nSPS) is 12.2. The zero-order valence-corrected chi connectivity index (χ0v) is 18.6. The average molecular weight is 441 g/mol. The number of hydrogen-bond acceptors (Lipinski definition) is 6. The SMILES string of the molecule is COc1ccc(-c2cc3nc([C@H](C)NC(=O)Cc4coc5cc(C)ccc45)nn3cn2)cc1. The molecule has 8 heteroatoms. The van der Waals surface area contributed by atoms with Crippen LogP contribution in [0.5, 0.6) is 5.75 Å². The van der Waals surface area contributed by atoms with Gasteiger partial charge >= 0.3 is 0 Å². The number of ether oxygens (including phenoxy) is 1. The molecule has 0 bridgehead atoms. The Morgan fingerprint density at radius 2 is 2.00 bits per heavy atom. The molecular weight excluding hydrogens is 418 g/mol. The Labute approximate surface area is 190 Å². The van der Waals surface area contributed by atoms with E-state index in [0.717, 1.165) is 39.1 Å². The third kappa shape index (κ3) is 4.15. The second-order valence-corrected chi connectivity index (χ2v) is 8.00. The lowest BCUT2D eigenvalue weighted by molar-refractivity contribution is -0.121. The van der Waals surface area contributed by atoms with E-state index in [9.17, 15) is 4.79 Å². The summed E-state index contributed by atoms with van der Waals surface area (Å²) in [7, 11) is 1.63. The maximum Gasteiger partial charge on any atom is 0.225 e. The van der Waals surface area contributed by atoms with Crippen molar-refractivity contribution in [2.24, 2.45) is 0 Å². The number of fused-ring (bicyclic) bond motifs is 2. The number of furan rings is 1. The molecule has 5 aromatic rings. The number of hydrogen-bond donors (Lipinski definition) is 1. The molecule has 166 valence electrons. The van der Waals surface area contributed by atoms with E-state index in [-0.39, 0.29) is 18.4 Å². The summed E-state index contributed by atoms with van der Waals surface area (Å²) >= 11 is 0. The molecule has 1 N–H and O–H groups in total. The Bertz CT molecular complexity index is 1450. The van der Waals surface area contributed by atoms with Crippen molar-refractivity contribution < 1.29 is 13.9 Å². The number of benzene rings is 2. The Morgan fingerprint density at radius 3 is 2.79 bits per heavy atom. The van der Waals surface area contributed by atoms with Gasteiger partial charge in [-0.25, -0.2) is 14.5 Å². The van der Waals surface area contributed by atoms with E-state index < -0.39 is 0 Å². The number of carbonyl (C=O) groups is 1. The maximum absolute atomic E-state index is 12.7. The summed E-state index contributed by atoms with van der Waals surface area (Å²) in [5, 5.41) is 8.40. The van der Waals surface area contributed by atoms with E-state index in [1.807, 2.05) is 62.4 Å². The molecule has 1 amide bonds. The average Bonchev–Trinajstić information content (AvgIpc) is 3.42. The van der Waals surface area contributed by atoms with Crippen molar-refractivity contribution in [3.8, 4) is 17.0 Å². The molecule has 3 heterocycles. The smallest absolute Gasteiger partial charge is 0.225 e. The highest BCUT2D eigenvalue weighted by molar-refractivity contribution is 5.88. The first-order chi connectivity index (χ1) is 16.0. The van der Waals surface area contributed by atoms with Gasteiger partial charge in [-0.2, -0.15) is 0 Å². The number of amides is 1. The first kappa shape index (κ1) is 20.7. The molecule has 0 unspecified atom stereocenters. The molecule has 0 radical (unpaired) electrons. The topological polar surface area (TPSA) is 94.5 Å². The summed E-state index contributed by atoms with van der Waals surface area (Å²) in [5.41, 5.74) is 5.14. The van der Waals surface area contributed by atoms with Crippen molar-refractivity contribution >= 4 is 22.5 Å². The van der Waals surface area contributed by atoms with E-state index in [1.54, 1.807) is 24.2 Å². The van der Waals surface area contributed by atoms with Crippen molar-refractivity contribution in [2.75, 3.05) is 7.11 Å². The lowest BCUT2D eigenvalue weighted by atomic mass is 10.1. The summed E-state index contributed by atoms with van der Waals surface area (Å²) in [6, 6.07) is 15.1. The first-order valence-electron chi connectivity index (χ1n) is 10.6. The van der Waals surface area contributed by atoms with E-state index in [1.165, 1.54) is 0 Å². The van der Waals surface area contributed by atoms with Crippen LogP contribution in [0.2, 0.25) is 0 Å². The lowest BCUT2D eigenvalue weighted by Gasteiger charge is -2.09. The van der Waals surface area contributed by atoms with Gasteiger partial charge in [-0.05, 0) is 49.7 Å². The van der Waals surface area contributed by atoms with Crippen molar-refractivity contribution in [3.63, 3.8) is 0 Å². The fraction of sp³-hybridized carbons (Fsp3) is 0.200. The van der Waals surface area contributed by atoms with Gasteiger partial charge in [-0.3, -0.25) is 4.79 Å². The van der Waals surface area contributed by atoms with E-state index in [4.69, 9.17) is 9.15 Å². The van der Waals surface area contributed by atoms with Crippen molar-refractivity contribution in [1.29, 1.82) is 0 Å². The molecule has 33 heavy (non-hydrogen) atoms. The third-order valence-corrected chi connectivity index (χ3v) is 5.56. The minimum absolute atomic E-state index is 0.123. The van der Waals surface area contributed by atoms with Crippen LogP contribution in [-0.2, 0) is 11.2 Å². The van der Waals surface area contributed by atoms with Crippen LogP contribution in [0.3, 0.4) is 0 Å². The van der Waals surface area contributed by atoms with Crippen molar-refractivity contribution in [1.82, 2.24) is 24.9 Å². The number of nitrogens with one attached hydrogen (secondary N) is 1. The van der Waals surface area contributed by atoms with Gasteiger partial charge in [0.2, 0.25) is 5.91 Å². The van der Waals surface area contributed by atoms with Crippen LogP contribution in [-0.4, -0.2) is 32.6 Å². The number of aryl methyl sites for hydroxylation is 1. The number of aromatic nitrogens is 4. The van der Waals surface area contributed by atoms with Crippen LogP contribution in [0.25, 0.3) is 27.9 Å². The Morgan fingerprint density at radius 1 is 1.18 bits per heavy atom. The van der Waals surface area contributed by atoms with Gasteiger partial charge in [-0.1, -0.05) is 12.1 Å². The predicted octanol–water partition coefficient (Wildman–Crippen LogP) is 4.27. The van der Waals surface area contributed by atoms with Crippen LogP contribution >= 0.6 is 0 Å². The molecular formula is C25H23N5O3. The summed E-state index contributed by atoms with van der Waals surface area (Å²) in [6.45, 7) is 3.87. The van der Waals surface area contributed by atoms with Gasteiger partial charge in [0.15, 0.2) is 11.5 Å². The lowest BCUT2D eigenvalue weighted by Crippen LogP contribution is -2.28. The van der Waals surface area contributed by atoms with Crippen molar-refractivity contribution in [3.05, 3.63) is 78.1 Å². The summed E-state index contributed by atoms with van der Waals surface area (Å²) < 4.78 is 12.4. The second kappa shape index (κ2) is 8.38. The molecule has 5 rings (SSSR count). The molecule has 0 aliphatic carbocycles. The zero-order chi connectivity index (χ0) is 22.9. The second-order valence-electron chi connectivity index (χ2n) is 8.00. The van der Waals surface area contributed by atoms with E-state index in [2.05, 4.69) is 20.4 Å². The fourth-order valence-corrected chi connectivity index (χ4v) is 3.77. The summed E-state index contributed by atoms with van der Waals surface area (Å²) in [6.07, 6.45) is 3.49. The highest BCUT2D eigenvalue weighted by atomic mass is 16.5. The number of methoxy groups -OCH3 is 1. The Hall–Kier alpha value is -4.20. The molecule has 0 aliphatic heterocycles. The molecule has 0 spiro atoms. The first-order valence-corrected chi connectivity index (χ1v) is 10.6. The number of nitrogens with zero attached hydrogens (tertiary/aromatic N) is 4. The standard InChI is InChI=1S/C25H23N5O3/c1-15-4-9-20-18(13-33-22(20)10-15)11-24(31)27-16(2)25-28-23-12-21(26-14-30(23)29-25)17-5-7-19(32-3)8-6-17/h4-10,12-14,16H,11H2,1-3H3,(H,27,31)/t16-/m0/s1. The summed E-state index contributed by atoms with van der Waals surface area (Å²) in [4.78, 5) is 21.7. The van der Waals surface area contributed by atoms with Gasteiger partial charge < -0.3 is 14.5 Å². The number of rotatable bonds is 6. The minimum atomic E-state index is -0.359. The van der Waals surface area contributed by atoms with Gasteiger partial charge in [-0.15, -0.1) is 5.10 Å². The third-order valence-electron chi connectivity index (χ3n) is 5.56. The van der Waals surface area contributed by atoms with Gasteiger partial charge in [0.25, 0.3) is 0 Å². The van der Waals surface area contributed by atoms with Crippen LogP contribution in [0.1, 0.15) is 29.9 Å². The highest BCUT2D eigenvalue weighted by Crippen LogP contribution is 2.24. The Kier molecular flexibility index (Phi) is 5.26. The minimum Gasteiger partial charge on any atom is -0.497 e. The molecule has 3 aromatic heterocycles. The quantitative estimate of drug-likeness (QED) is 0.423. The maximum atomic E-state index is 12.7. The van der Waals surface area contributed by atoms with Crippen LogP contribution < -0.4 is 10.1 Å². The largest absolute Gasteiger partial charge is 0.497 e. The highest BCUT2D eigenvalue weighted by Gasteiger charge is 2.17. The van der Waals surface area contributed by atoms with Crippen LogP contribution in [0.4, 0.5) is 0 Å². The van der Waals surface area contributed by atoms with Gasteiger partial charge in [0.05, 0.1) is 31.5 Å². The van der Waals surface area contributed by atoms with Crippen molar-refractivity contribution in [2.45, 2.75) is 26.3 Å². The van der Waals surface area contributed by atoms with Crippen LogP contribution in [0.15, 0.2) is 65.5 Å². The zero-order valence-electron chi connectivity index (χ0n) is 18.6. The van der Waals surface area contributed by atoms with Crippen LogP contribution in [0, 0.1) is 6.92 Å². The predicted molar refractivity (Wildman–Crippen MR) is 124 cm³/mol. The molecule has 0 aliphatic rings. The molecule has 0 saturated heterocycles. The monoisotopic (exact) mass is 441 g/mol. The summed E-state index contributed by atoms with van der Waals surface area (Å²) in [5.74, 6) is 1.18. The Balaban J connectivity index is 1.31. The van der Waals surface area contributed by atoms with E-state index in [0.29, 0.717) is 11.5 Å². The molecule has 0 fully saturated rings. The van der Waals surface area contributed by atoms with Gasteiger partial charge in [0, 0.05) is 22.6 Å².